The second kappa shape index (κ2) is 71.6. The molecule has 0 aliphatic carbocycles. The molecule has 0 aromatic carbocycles. The summed E-state index contributed by atoms with van der Waals surface area (Å²) in [4.78, 5) is 72.9. The lowest BCUT2D eigenvalue weighted by Crippen LogP contribution is -2.30. The van der Waals surface area contributed by atoms with Crippen LogP contribution in [-0.2, 0) is 65.4 Å². The highest BCUT2D eigenvalue weighted by Crippen LogP contribution is 2.45. The molecule has 0 saturated heterocycles. The first kappa shape index (κ1) is 94.2. The van der Waals surface area contributed by atoms with Gasteiger partial charge in [-0.25, -0.2) is 9.13 Å². The predicted octanol–water partition coefficient (Wildman–Crippen LogP) is 22.2. The van der Waals surface area contributed by atoms with Crippen LogP contribution < -0.4 is 0 Å². The molecule has 0 aliphatic heterocycles. The molecule has 0 fully saturated rings. The average molecular weight is 1420 g/mol. The van der Waals surface area contributed by atoms with Crippen LogP contribution in [0.1, 0.15) is 336 Å². The maximum absolute atomic E-state index is 13.1. The maximum atomic E-state index is 13.1. The van der Waals surface area contributed by atoms with Crippen molar-refractivity contribution in [1.29, 1.82) is 0 Å². The summed E-state index contributed by atoms with van der Waals surface area (Å²) in [5, 5.41) is 10.6. The van der Waals surface area contributed by atoms with Gasteiger partial charge in [0, 0.05) is 25.7 Å². The Morgan fingerprint density at radius 2 is 0.531 bits per heavy atom. The quantitative estimate of drug-likeness (QED) is 0.0169. The zero-order valence-electron chi connectivity index (χ0n) is 62.0. The highest BCUT2D eigenvalue weighted by molar-refractivity contribution is 7.47. The van der Waals surface area contributed by atoms with E-state index in [0.717, 1.165) is 167 Å². The highest BCUT2D eigenvalue weighted by atomic mass is 31.2. The number of rotatable bonds is 73. The molecule has 0 saturated carbocycles. The number of aliphatic hydroxyl groups is 1. The van der Waals surface area contributed by atoms with Gasteiger partial charge in [-0.3, -0.25) is 37.3 Å². The van der Waals surface area contributed by atoms with Crippen molar-refractivity contribution in [2.24, 2.45) is 0 Å². The van der Waals surface area contributed by atoms with E-state index in [9.17, 15) is 43.2 Å². The van der Waals surface area contributed by atoms with Crippen molar-refractivity contribution < 1.29 is 80.2 Å². The van der Waals surface area contributed by atoms with Crippen LogP contribution in [0.3, 0.4) is 0 Å². The average Bonchev–Trinajstić information content (AvgIpc) is 0.969. The van der Waals surface area contributed by atoms with Gasteiger partial charge in [0.05, 0.1) is 26.4 Å². The Morgan fingerprint density at radius 3 is 0.837 bits per heavy atom. The molecular formula is C79H140O17P2. The number of carbonyl (C=O) groups excluding carboxylic acids is 4. The second-order valence-electron chi connectivity index (χ2n) is 25.9. The number of ether oxygens (including phenoxy) is 4. The lowest BCUT2D eigenvalue weighted by Gasteiger charge is -2.21. The third-order valence-electron chi connectivity index (χ3n) is 16.3. The SMILES string of the molecule is CC/C=C\C/C=C\C/C=C\C/C=C\CCCCCCC(=O)OCC(COP(=O)(O)OCC(O)COP(=O)(O)OCC(COC(=O)CCCCCCC/C=C\CCCCCCCC)OC(=O)CCCCCCC/C=C\CCCCCC)OC(=O)CCCCCCC/C=C\CCCCCC. The first-order valence-corrected chi connectivity index (χ1v) is 41.8. The minimum absolute atomic E-state index is 0.0799. The fourth-order valence-electron chi connectivity index (χ4n) is 10.4. The fraction of sp³-hybridized carbons (Fsp3) is 0.772. The summed E-state index contributed by atoms with van der Waals surface area (Å²) in [6.07, 6.45) is 72.8. The number of phosphoric acid groups is 2. The molecule has 0 rings (SSSR count). The molecule has 0 amide bonds. The van der Waals surface area contributed by atoms with Crippen LogP contribution in [0, 0.1) is 0 Å². The van der Waals surface area contributed by atoms with E-state index in [-0.39, 0.29) is 25.7 Å². The van der Waals surface area contributed by atoms with Gasteiger partial charge < -0.3 is 33.8 Å². The largest absolute Gasteiger partial charge is 0.472 e. The number of hydrogen-bond acceptors (Lipinski definition) is 15. The highest BCUT2D eigenvalue weighted by Gasteiger charge is 2.30. The van der Waals surface area contributed by atoms with Gasteiger partial charge in [-0.15, -0.1) is 0 Å². The van der Waals surface area contributed by atoms with Crippen molar-refractivity contribution >= 4 is 39.5 Å². The first-order valence-electron chi connectivity index (χ1n) is 38.8. The number of aliphatic hydroxyl groups excluding tert-OH is 1. The Labute approximate surface area is 595 Å². The number of carbonyl (C=O) groups is 4. The normalized spacial score (nSPS) is 14.4. The standard InChI is InChI=1S/C79H140O17P2/c1-5-9-13-17-21-25-29-33-35-36-38-42-44-48-52-56-60-64-77(82)90-70-75(96-79(84)66-62-58-54-50-46-40-32-28-24-20-16-12-8-4)72-94-98(87,88)92-68-73(80)67-91-97(85,86)93-71-74(95-78(83)65-61-57-53-49-45-39-31-27-23-19-15-11-7-3)69-89-76(81)63-59-55-51-47-43-41-37-34-30-26-22-18-14-10-6-2/h9,13,21,25,27-28,31-35,37-38,42,73-75,80H,5-8,10-12,14-20,22-24,26,29-30,36,39-41,43-72H2,1-4H3,(H,85,86)(H,87,88)/b13-9-,25-21-,31-27-,32-28-,35-33-,37-34-,42-38-. The number of hydrogen-bond donors (Lipinski definition) is 3. The van der Waals surface area contributed by atoms with Gasteiger partial charge >= 0.3 is 39.5 Å². The van der Waals surface area contributed by atoms with Gasteiger partial charge in [-0.05, 0) is 141 Å². The van der Waals surface area contributed by atoms with Crippen LogP contribution in [0.5, 0.6) is 0 Å². The molecule has 5 atom stereocenters. The lowest BCUT2D eigenvalue weighted by atomic mass is 10.1. The Kier molecular flexibility index (Phi) is 68.9. The molecule has 0 aromatic heterocycles. The number of esters is 4. The summed E-state index contributed by atoms with van der Waals surface area (Å²) < 4.78 is 68.5. The van der Waals surface area contributed by atoms with Crippen LogP contribution >= 0.6 is 15.6 Å². The van der Waals surface area contributed by atoms with E-state index in [1.807, 2.05) is 0 Å². The molecule has 19 heteroatoms. The topological polar surface area (TPSA) is 237 Å². The third kappa shape index (κ3) is 70.7. The molecule has 0 aromatic rings. The van der Waals surface area contributed by atoms with Crippen LogP contribution in [0.4, 0.5) is 0 Å². The first-order chi connectivity index (χ1) is 47.7. The van der Waals surface area contributed by atoms with Crippen LogP contribution in [0.15, 0.2) is 85.1 Å². The molecule has 0 spiro atoms. The Morgan fingerprint density at radius 1 is 0.296 bits per heavy atom. The molecule has 568 valence electrons. The molecule has 0 aliphatic rings. The van der Waals surface area contributed by atoms with Gasteiger partial charge in [-0.2, -0.15) is 0 Å². The molecular weight excluding hydrogens is 1280 g/mol. The van der Waals surface area contributed by atoms with E-state index in [1.165, 1.54) is 89.9 Å². The Hall–Kier alpha value is -3.76. The van der Waals surface area contributed by atoms with E-state index in [1.54, 1.807) is 0 Å². The number of allylic oxidation sites excluding steroid dienone is 14. The van der Waals surface area contributed by atoms with E-state index >= 15 is 0 Å². The van der Waals surface area contributed by atoms with Gasteiger partial charge in [0.1, 0.15) is 19.3 Å². The van der Waals surface area contributed by atoms with Gasteiger partial charge in [0.2, 0.25) is 0 Å². The van der Waals surface area contributed by atoms with Crippen LogP contribution in [0.25, 0.3) is 0 Å². The van der Waals surface area contributed by atoms with Gasteiger partial charge in [0.15, 0.2) is 12.2 Å². The summed E-state index contributed by atoms with van der Waals surface area (Å²) in [5.41, 5.74) is 0. The van der Waals surface area contributed by atoms with E-state index in [4.69, 9.17) is 37.0 Å². The molecule has 98 heavy (non-hydrogen) atoms. The fourth-order valence-corrected chi connectivity index (χ4v) is 12.0. The Bertz CT molecular complexity index is 2190. The summed E-state index contributed by atoms with van der Waals surface area (Å²) in [5.74, 6) is -2.21. The summed E-state index contributed by atoms with van der Waals surface area (Å²) >= 11 is 0. The number of unbranched alkanes of at least 4 members (excludes halogenated alkanes) is 33. The smallest absolute Gasteiger partial charge is 0.462 e. The number of phosphoric ester groups is 2. The minimum Gasteiger partial charge on any atom is -0.462 e. The van der Waals surface area contributed by atoms with Crippen molar-refractivity contribution in [2.45, 2.75) is 354 Å². The third-order valence-corrected chi connectivity index (χ3v) is 18.2. The van der Waals surface area contributed by atoms with Crippen molar-refractivity contribution in [3.8, 4) is 0 Å². The molecule has 0 radical (unpaired) electrons. The molecule has 0 bridgehead atoms. The summed E-state index contributed by atoms with van der Waals surface area (Å²) in [7, 11) is -9.95. The summed E-state index contributed by atoms with van der Waals surface area (Å²) in [6, 6.07) is 0. The lowest BCUT2D eigenvalue weighted by molar-refractivity contribution is -0.161. The van der Waals surface area contributed by atoms with Gasteiger partial charge in [-0.1, -0.05) is 254 Å². The summed E-state index contributed by atoms with van der Waals surface area (Å²) in [6.45, 7) is 4.70. The van der Waals surface area contributed by atoms with E-state index < -0.39 is 97.5 Å². The monoisotopic (exact) mass is 1420 g/mol. The predicted molar refractivity (Wildman–Crippen MR) is 399 cm³/mol. The van der Waals surface area contributed by atoms with Crippen LogP contribution in [-0.4, -0.2) is 96.7 Å². The molecule has 0 heterocycles. The maximum Gasteiger partial charge on any atom is 0.472 e. The van der Waals surface area contributed by atoms with Crippen molar-refractivity contribution in [2.75, 3.05) is 39.6 Å². The second-order valence-corrected chi connectivity index (χ2v) is 28.8. The van der Waals surface area contributed by atoms with Crippen molar-refractivity contribution in [3.63, 3.8) is 0 Å². The molecule has 3 N–H and O–H groups in total. The van der Waals surface area contributed by atoms with Crippen LogP contribution in [0.2, 0.25) is 0 Å². The molecule has 5 unspecified atom stereocenters. The van der Waals surface area contributed by atoms with E-state index in [2.05, 4.69) is 113 Å². The van der Waals surface area contributed by atoms with E-state index in [0.29, 0.717) is 25.7 Å². The van der Waals surface area contributed by atoms with Crippen molar-refractivity contribution in [3.05, 3.63) is 85.1 Å². The zero-order valence-corrected chi connectivity index (χ0v) is 63.7. The van der Waals surface area contributed by atoms with Crippen molar-refractivity contribution in [1.82, 2.24) is 0 Å². The van der Waals surface area contributed by atoms with Gasteiger partial charge in [0.25, 0.3) is 0 Å². The minimum atomic E-state index is -4.98. The molecule has 17 nitrogen and oxygen atoms in total. The zero-order chi connectivity index (χ0) is 71.8. The Balaban J connectivity index is 5.35.